The molecule has 0 spiro atoms. The highest BCUT2D eigenvalue weighted by Gasteiger charge is 2.09. The van der Waals surface area contributed by atoms with Crippen LogP contribution in [0.2, 0.25) is 0 Å². The van der Waals surface area contributed by atoms with Gasteiger partial charge in [0.05, 0.1) is 18.3 Å². The summed E-state index contributed by atoms with van der Waals surface area (Å²) in [5.74, 6) is 0. The predicted molar refractivity (Wildman–Crippen MR) is 69.8 cm³/mol. The lowest BCUT2D eigenvalue weighted by molar-refractivity contribution is 0.744. The average Bonchev–Trinajstić information content (AvgIpc) is 2.93. The van der Waals surface area contributed by atoms with E-state index in [1.54, 1.807) is 28.4 Å². The molecule has 0 aliphatic carbocycles. The lowest BCUT2D eigenvalue weighted by atomic mass is 10.3. The van der Waals surface area contributed by atoms with Gasteiger partial charge < -0.3 is 0 Å². The Labute approximate surface area is 105 Å². The van der Waals surface area contributed by atoms with Gasteiger partial charge >= 0.3 is 0 Å². The van der Waals surface area contributed by atoms with E-state index in [2.05, 4.69) is 9.97 Å². The predicted octanol–water partition coefficient (Wildman–Crippen LogP) is 2.27. The minimum Gasteiger partial charge on any atom is -0.292 e. The van der Waals surface area contributed by atoms with Crippen LogP contribution >= 0.6 is 22.7 Å². The number of thiophene rings is 1. The Hall–Kier alpha value is -1.53. The van der Waals surface area contributed by atoms with Crippen LogP contribution in [-0.2, 0) is 6.54 Å². The monoisotopic (exact) mass is 263 g/mol. The van der Waals surface area contributed by atoms with E-state index in [4.69, 9.17) is 0 Å². The van der Waals surface area contributed by atoms with Crippen LogP contribution in [0.15, 0.2) is 28.1 Å². The number of fused-ring (bicyclic) bond motifs is 1. The van der Waals surface area contributed by atoms with Gasteiger partial charge in [0.2, 0.25) is 0 Å². The van der Waals surface area contributed by atoms with Crippen LogP contribution in [-0.4, -0.2) is 14.5 Å². The first-order chi connectivity index (χ1) is 8.25. The van der Waals surface area contributed by atoms with Crippen molar-refractivity contribution in [3.63, 3.8) is 0 Å². The normalized spacial score (nSPS) is 11.1. The minimum absolute atomic E-state index is 0.0175. The number of nitrogens with zero attached hydrogens (tertiary/aromatic N) is 3. The Morgan fingerprint density at radius 3 is 3.00 bits per heavy atom. The third-order valence-electron chi connectivity index (χ3n) is 2.53. The summed E-state index contributed by atoms with van der Waals surface area (Å²) in [6, 6.07) is 0. The molecule has 3 rings (SSSR count). The minimum atomic E-state index is 0.0175. The second-order valence-corrected chi connectivity index (χ2v) is 5.54. The molecule has 0 aromatic carbocycles. The Kier molecular flexibility index (Phi) is 2.53. The molecular weight excluding hydrogens is 254 g/mol. The van der Waals surface area contributed by atoms with Crippen molar-refractivity contribution in [3.8, 4) is 0 Å². The van der Waals surface area contributed by atoms with E-state index in [0.29, 0.717) is 6.54 Å². The van der Waals surface area contributed by atoms with Gasteiger partial charge in [-0.15, -0.1) is 22.7 Å². The van der Waals surface area contributed by atoms with Gasteiger partial charge in [-0.2, -0.15) is 0 Å². The largest absolute Gasteiger partial charge is 0.292 e. The number of thiazole rings is 1. The van der Waals surface area contributed by atoms with Crippen LogP contribution in [0.1, 0.15) is 10.6 Å². The van der Waals surface area contributed by atoms with Crippen molar-refractivity contribution in [1.29, 1.82) is 0 Å². The zero-order chi connectivity index (χ0) is 11.8. The first-order valence-corrected chi connectivity index (χ1v) is 6.83. The van der Waals surface area contributed by atoms with Crippen LogP contribution in [0, 0.1) is 6.92 Å². The molecule has 0 bridgehead atoms. The Morgan fingerprint density at radius 2 is 2.24 bits per heavy atom. The van der Waals surface area contributed by atoms with E-state index >= 15 is 0 Å². The molecule has 0 saturated carbocycles. The summed E-state index contributed by atoms with van der Waals surface area (Å²) in [7, 11) is 0. The molecule has 0 unspecified atom stereocenters. The topological polar surface area (TPSA) is 47.8 Å². The quantitative estimate of drug-likeness (QED) is 0.712. The van der Waals surface area contributed by atoms with Gasteiger partial charge in [0, 0.05) is 11.6 Å². The zero-order valence-electron chi connectivity index (χ0n) is 9.08. The third kappa shape index (κ3) is 1.79. The molecule has 0 aliphatic rings. The molecule has 4 nitrogen and oxygen atoms in total. The molecule has 0 N–H and O–H groups in total. The van der Waals surface area contributed by atoms with Crippen LogP contribution in [0.3, 0.4) is 0 Å². The molecule has 6 heteroatoms. The van der Waals surface area contributed by atoms with Gasteiger partial charge in [0.15, 0.2) is 0 Å². The number of aromatic nitrogens is 3. The van der Waals surface area contributed by atoms with Crippen molar-refractivity contribution in [2.75, 3.05) is 0 Å². The number of hydrogen-bond donors (Lipinski definition) is 0. The van der Waals surface area contributed by atoms with Crippen molar-refractivity contribution >= 4 is 32.9 Å². The van der Waals surface area contributed by atoms with Crippen molar-refractivity contribution in [1.82, 2.24) is 14.5 Å². The van der Waals surface area contributed by atoms with Gasteiger partial charge in [0.25, 0.3) is 5.56 Å². The lowest BCUT2D eigenvalue weighted by Gasteiger charge is -2.02. The maximum Gasteiger partial charge on any atom is 0.262 e. The number of aryl methyl sites for hydroxylation is 1. The summed E-state index contributed by atoms with van der Waals surface area (Å²) in [5, 5.41) is 5.52. The van der Waals surface area contributed by atoms with Crippen LogP contribution < -0.4 is 5.56 Å². The summed E-state index contributed by atoms with van der Waals surface area (Å²) in [5.41, 5.74) is 1.01. The number of rotatable bonds is 2. The highest BCUT2D eigenvalue weighted by molar-refractivity contribution is 7.16. The van der Waals surface area contributed by atoms with E-state index < -0.39 is 0 Å². The molecule has 3 aromatic heterocycles. The lowest BCUT2D eigenvalue weighted by Crippen LogP contribution is -2.20. The van der Waals surface area contributed by atoms with Gasteiger partial charge in [0.1, 0.15) is 9.84 Å². The SMILES string of the molecule is Cc1csc2ncn(Cc3nccs3)c(=O)c12. The highest BCUT2D eigenvalue weighted by atomic mass is 32.1. The van der Waals surface area contributed by atoms with E-state index in [-0.39, 0.29) is 5.56 Å². The van der Waals surface area contributed by atoms with Crippen molar-refractivity contribution < 1.29 is 0 Å². The fraction of sp³-hybridized carbons (Fsp3) is 0.182. The summed E-state index contributed by atoms with van der Waals surface area (Å²) < 4.78 is 1.61. The van der Waals surface area contributed by atoms with Crippen LogP contribution in [0.25, 0.3) is 10.2 Å². The Morgan fingerprint density at radius 1 is 1.35 bits per heavy atom. The Bertz CT molecular complexity index is 712. The molecule has 86 valence electrons. The van der Waals surface area contributed by atoms with Gasteiger partial charge in [-0.1, -0.05) is 0 Å². The van der Waals surface area contributed by atoms with Gasteiger partial charge in [-0.05, 0) is 17.9 Å². The molecular formula is C11H9N3OS2. The summed E-state index contributed by atoms with van der Waals surface area (Å²) in [6.07, 6.45) is 3.34. The summed E-state index contributed by atoms with van der Waals surface area (Å²) in [6.45, 7) is 2.43. The highest BCUT2D eigenvalue weighted by Crippen LogP contribution is 2.19. The molecule has 0 radical (unpaired) electrons. The van der Waals surface area contributed by atoms with Gasteiger partial charge in [-0.25, -0.2) is 9.97 Å². The van der Waals surface area contributed by atoms with Crippen LogP contribution in [0.5, 0.6) is 0 Å². The molecule has 3 heterocycles. The molecule has 0 atom stereocenters. The fourth-order valence-corrected chi connectivity index (χ4v) is 3.19. The third-order valence-corrected chi connectivity index (χ3v) is 4.30. The summed E-state index contributed by atoms with van der Waals surface area (Å²) >= 11 is 3.05. The van der Waals surface area contributed by atoms with Crippen molar-refractivity contribution in [3.05, 3.63) is 44.2 Å². The molecule has 3 aromatic rings. The first kappa shape index (κ1) is 10.6. The molecule has 0 aliphatic heterocycles. The average molecular weight is 263 g/mol. The molecule has 17 heavy (non-hydrogen) atoms. The van der Waals surface area contributed by atoms with Gasteiger partial charge in [-0.3, -0.25) is 9.36 Å². The Balaban J connectivity index is 2.14. The maximum absolute atomic E-state index is 12.2. The second kappa shape index (κ2) is 4.05. The maximum atomic E-state index is 12.2. The molecule has 0 saturated heterocycles. The van der Waals surface area contributed by atoms with E-state index in [0.717, 1.165) is 20.8 Å². The van der Waals surface area contributed by atoms with E-state index in [1.165, 1.54) is 11.3 Å². The summed E-state index contributed by atoms with van der Waals surface area (Å²) in [4.78, 5) is 21.5. The molecule has 0 amide bonds. The fourth-order valence-electron chi connectivity index (χ4n) is 1.69. The van der Waals surface area contributed by atoms with E-state index in [9.17, 15) is 4.79 Å². The van der Waals surface area contributed by atoms with Crippen LogP contribution in [0.4, 0.5) is 0 Å². The van der Waals surface area contributed by atoms with Crippen molar-refractivity contribution in [2.24, 2.45) is 0 Å². The zero-order valence-corrected chi connectivity index (χ0v) is 10.7. The van der Waals surface area contributed by atoms with Crippen molar-refractivity contribution in [2.45, 2.75) is 13.5 Å². The van der Waals surface area contributed by atoms with E-state index in [1.807, 2.05) is 17.7 Å². The first-order valence-electron chi connectivity index (χ1n) is 5.07. The standard InChI is InChI=1S/C11H9N3OS2/c1-7-5-17-10-9(7)11(15)14(6-13-10)4-8-12-2-3-16-8/h2-3,5-6H,4H2,1H3. The smallest absolute Gasteiger partial charge is 0.262 e. The number of hydrogen-bond acceptors (Lipinski definition) is 5. The second-order valence-electron chi connectivity index (χ2n) is 3.70. The molecule has 0 fully saturated rings.